The van der Waals surface area contributed by atoms with E-state index < -0.39 is 6.10 Å². The van der Waals surface area contributed by atoms with E-state index in [9.17, 15) is 14.7 Å². The number of rotatable bonds is 9. The molecule has 3 heterocycles. The number of hydrogen-bond acceptors (Lipinski definition) is 7. The van der Waals surface area contributed by atoms with Crippen LogP contribution in [0.4, 0.5) is 0 Å². The van der Waals surface area contributed by atoms with Crippen LogP contribution in [0, 0.1) is 0 Å². The molecule has 1 saturated heterocycles. The van der Waals surface area contributed by atoms with Gasteiger partial charge in [0.2, 0.25) is 0 Å². The smallest absolute Gasteiger partial charge is 0.338 e. The van der Waals surface area contributed by atoms with Crippen molar-refractivity contribution in [1.82, 2.24) is 15.4 Å². The Balaban J connectivity index is 1.19. The van der Waals surface area contributed by atoms with Crippen molar-refractivity contribution in [1.29, 1.82) is 0 Å². The van der Waals surface area contributed by atoms with Crippen molar-refractivity contribution in [3.8, 4) is 11.3 Å². The lowest BCUT2D eigenvalue weighted by atomic mass is 10.0. The third kappa shape index (κ3) is 6.35. The van der Waals surface area contributed by atoms with E-state index in [1.165, 1.54) is 6.26 Å². The van der Waals surface area contributed by atoms with Crippen molar-refractivity contribution in [3.63, 3.8) is 0 Å². The first kappa shape index (κ1) is 24.6. The first-order valence-electron chi connectivity index (χ1n) is 11.9. The molecule has 2 N–H and O–H groups in total. The number of carbonyl (C=O) groups is 2. The highest BCUT2D eigenvalue weighted by atomic mass is 16.5. The Labute approximate surface area is 204 Å². The minimum Gasteiger partial charge on any atom is -0.457 e. The van der Waals surface area contributed by atoms with Gasteiger partial charge >= 0.3 is 5.97 Å². The molecule has 0 radical (unpaired) electrons. The zero-order chi connectivity index (χ0) is 24.8. The van der Waals surface area contributed by atoms with E-state index in [4.69, 9.17) is 9.26 Å². The van der Waals surface area contributed by atoms with Crippen molar-refractivity contribution in [2.75, 3.05) is 26.2 Å². The average molecular weight is 478 g/mol. The fraction of sp³-hybridized carbons (Fsp3) is 0.370. The predicted octanol–water partition coefficient (Wildman–Crippen LogP) is 3.27. The quantitative estimate of drug-likeness (QED) is 0.534. The summed E-state index contributed by atoms with van der Waals surface area (Å²) in [5.41, 5.74) is 4.39. The van der Waals surface area contributed by atoms with Gasteiger partial charge in [0.25, 0.3) is 5.91 Å². The van der Waals surface area contributed by atoms with Gasteiger partial charge in [-0.1, -0.05) is 41.6 Å². The van der Waals surface area contributed by atoms with Crippen LogP contribution in [0.1, 0.15) is 36.5 Å². The number of esters is 1. The van der Waals surface area contributed by atoms with Crippen LogP contribution in [0.3, 0.4) is 0 Å². The van der Waals surface area contributed by atoms with E-state index in [0.29, 0.717) is 24.1 Å². The molecular formula is C27H31N3O5. The van der Waals surface area contributed by atoms with E-state index in [1.54, 1.807) is 24.3 Å². The van der Waals surface area contributed by atoms with Crippen LogP contribution in [-0.2, 0) is 9.53 Å². The summed E-state index contributed by atoms with van der Waals surface area (Å²) in [7, 11) is 0. The lowest BCUT2D eigenvalue weighted by molar-refractivity contribution is -0.135. The third-order valence-corrected chi connectivity index (χ3v) is 6.37. The Morgan fingerprint density at radius 2 is 2.03 bits per heavy atom. The summed E-state index contributed by atoms with van der Waals surface area (Å²) in [5, 5.41) is 17.5. The van der Waals surface area contributed by atoms with Gasteiger partial charge in [-0.15, -0.1) is 0 Å². The van der Waals surface area contributed by atoms with Gasteiger partial charge in [-0.25, -0.2) is 4.79 Å². The number of ether oxygens (including phenoxy) is 1. The predicted molar refractivity (Wildman–Crippen MR) is 131 cm³/mol. The molecule has 184 valence electrons. The zero-order valence-corrected chi connectivity index (χ0v) is 19.9. The Bertz CT molecular complexity index is 1110. The minimum absolute atomic E-state index is 0.0887. The molecule has 1 aromatic heterocycles. The zero-order valence-electron chi connectivity index (χ0n) is 19.9. The third-order valence-electron chi connectivity index (χ3n) is 6.37. The molecule has 8 heteroatoms. The van der Waals surface area contributed by atoms with E-state index in [2.05, 4.69) is 22.0 Å². The first-order valence-corrected chi connectivity index (χ1v) is 11.9. The molecule has 1 fully saturated rings. The van der Waals surface area contributed by atoms with Crippen LogP contribution >= 0.6 is 0 Å². The maximum absolute atomic E-state index is 12.6. The number of aromatic nitrogens is 1. The largest absolute Gasteiger partial charge is 0.457 e. The second kappa shape index (κ2) is 11.3. The van der Waals surface area contributed by atoms with Crippen LogP contribution in [0.2, 0.25) is 0 Å². The second-order valence-corrected chi connectivity index (χ2v) is 9.05. The summed E-state index contributed by atoms with van der Waals surface area (Å²) < 4.78 is 9.93. The number of piperidine rings is 1. The number of carbonyl (C=O) groups excluding carboxylic acids is 2. The molecule has 8 nitrogen and oxygen atoms in total. The molecule has 0 spiro atoms. The van der Waals surface area contributed by atoms with Crippen LogP contribution in [0.25, 0.3) is 11.3 Å². The Morgan fingerprint density at radius 3 is 2.69 bits per heavy atom. The standard InChI is InChI=1S/C27H31N3O5/c1-18(2)24-17-34-27(33)23(24)5-3-4-22(31)16-30-13-10-21(11-14-30)28-26(32)20-8-6-19(7-9-20)25-12-15-35-29-25/h3,5-9,12,15,21-22,31H,1,4,10-11,13-14,16-17H2,2H3,(H,28,32)/b5-3-/t22-/m1/s1. The Kier molecular flexibility index (Phi) is 7.94. The SMILES string of the molecule is C=C(C)C1=C(/C=C\C[C@@H](O)CN2CCC(NC(=O)c3ccc(-c4ccon4)cc3)CC2)C(=O)OC1. The molecule has 1 aromatic carbocycles. The molecule has 4 rings (SSSR count). The maximum atomic E-state index is 12.6. The molecule has 2 aromatic rings. The van der Waals surface area contributed by atoms with Gasteiger partial charge in [-0.3, -0.25) is 4.79 Å². The maximum Gasteiger partial charge on any atom is 0.338 e. The topological polar surface area (TPSA) is 105 Å². The normalized spacial score (nSPS) is 18.2. The highest BCUT2D eigenvalue weighted by Crippen LogP contribution is 2.23. The fourth-order valence-corrected chi connectivity index (χ4v) is 4.34. The van der Waals surface area contributed by atoms with E-state index in [-0.39, 0.29) is 24.5 Å². The number of β-amino-alcohol motifs (C(OH)–C–C–N with tert-alkyl or cyclic N) is 1. The van der Waals surface area contributed by atoms with Gasteiger partial charge in [0.05, 0.1) is 11.7 Å². The number of nitrogens with one attached hydrogen (secondary N) is 1. The van der Waals surface area contributed by atoms with Gasteiger partial charge in [-0.05, 0) is 38.3 Å². The van der Waals surface area contributed by atoms with E-state index in [0.717, 1.165) is 48.3 Å². The summed E-state index contributed by atoms with van der Waals surface area (Å²) in [4.78, 5) is 26.7. The summed E-state index contributed by atoms with van der Waals surface area (Å²) in [6, 6.07) is 9.18. The number of hydrogen-bond donors (Lipinski definition) is 2. The molecule has 2 aliphatic heterocycles. The molecule has 1 atom stereocenters. The second-order valence-electron chi connectivity index (χ2n) is 9.05. The van der Waals surface area contributed by atoms with Gasteiger partial charge in [0.1, 0.15) is 18.6 Å². The van der Waals surface area contributed by atoms with E-state index >= 15 is 0 Å². The molecule has 0 unspecified atom stereocenters. The summed E-state index contributed by atoms with van der Waals surface area (Å²) in [6.07, 6.45) is 6.62. The van der Waals surface area contributed by atoms with E-state index in [1.807, 2.05) is 25.1 Å². The number of aliphatic hydroxyl groups is 1. The number of cyclic esters (lactones) is 1. The van der Waals surface area contributed by atoms with Crippen LogP contribution in [-0.4, -0.2) is 65.4 Å². The fourth-order valence-electron chi connectivity index (χ4n) is 4.34. The van der Waals surface area contributed by atoms with Gasteiger partial charge in [0, 0.05) is 48.4 Å². The molecule has 0 saturated carbocycles. The lowest BCUT2D eigenvalue weighted by Gasteiger charge is -2.33. The van der Waals surface area contributed by atoms with Crippen LogP contribution < -0.4 is 5.32 Å². The van der Waals surface area contributed by atoms with Crippen molar-refractivity contribution < 1.29 is 24.0 Å². The number of benzene rings is 1. The highest BCUT2D eigenvalue weighted by Gasteiger charge is 2.24. The van der Waals surface area contributed by atoms with Gasteiger partial charge in [-0.2, -0.15) is 0 Å². The number of aliphatic hydroxyl groups excluding tert-OH is 1. The van der Waals surface area contributed by atoms with Gasteiger partial charge < -0.3 is 24.6 Å². The average Bonchev–Trinajstić information content (AvgIpc) is 3.51. The summed E-state index contributed by atoms with van der Waals surface area (Å²) in [6.45, 7) is 8.14. The monoisotopic (exact) mass is 477 g/mol. The van der Waals surface area contributed by atoms with Crippen molar-refractivity contribution in [2.24, 2.45) is 0 Å². The molecule has 0 aliphatic carbocycles. The molecular weight excluding hydrogens is 446 g/mol. The van der Waals surface area contributed by atoms with Gasteiger partial charge in [0.15, 0.2) is 0 Å². The van der Waals surface area contributed by atoms with Crippen LogP contribution in [0.5, 0.6) is 0 Å². The minimum atomic E-state index is -0.535. The molecule has 2 aliphatic rings. The lowest BCUT2D eigenvalue weighted by Crippen LogP contribution is -2.46. The molecule has 35 heavy (non-hydrogen) atoms. The molecule has 1 amide bonds. The Hall–Kier alpha value is -3.49. The number of likely N-dealkylation sites (tertiary alicyclic amines) is 1. The van der Waals surface area contributed by atoms with Crippen molar-refractivity contribution >= 4 is 11.9 Å². The number of amides is 1. The van der Waals surface area contributed by atoms with Crippen molar-refractivity contribution in [2.45, 2.75) is 38.3 Å². The van der Waals surface area contributed by atoms with Crippen LogP contribution in [0.15, 0.2) is 76.6 Å². The Morgan fingerprint density at radius 1 is 1.29 bits per heavy atom. The highest BCUT2D eigenvalue weighted by molar-refractivity contribution is 5.96. The first-order chi connectivity index (χ1) is 16.9. The van der Waals surface area contributed by atoms with Crippen molar-refractivity contribution in [3.05, 3.63) is 77.6 Å². The molecule has 0 bridgehead atoms. The summed E-state index contributed by atoms with van der Waals surface area (Å²) in [5.74, 6) is -0.432. The summed E-state index contributed by atoms with van der Waals surface area (Å²) >= 11 is 0. The number of nitrogens with zero attached hydrogens (tertiary/aromatic N) is 2.